The van der Waals surface area contributed by atoms with Crippen LogP contribution in [0.3, 0.4) is 0 Å². The summed E-state index contributed by atoms with van der Waals surface area (Å²) in [5.74, 6) is 1.53. The van der Waals surface area contributed by atoms with Crippen LogP contribution in [0.2, 0.25) is 0 Å². The Bertz CT molecular complexity index is 1150. The molecule has 31 heavy (non-hydrogen) atoms. The van der Waals surface area contributed by atoms with Crippen molar-refractivity contribution >= 4 is 43.4 Å². The highest BCUT2D eigenvalue weighted by Gasteiger charge is 2.11. The molecule has 0 saturated carbocycles. The molecule has 0 radical (unpaired) electrons. The van der Waals surface area contributed by atoms with Gasteiger partial charge in [-0.3, -0.25) is 4.99 Å². The average Bonchev–Trinajstić information content (AvgIpc) is 2.77. The van der Waals surface area contributed by atoms with Gasteiger partial charge in [0.05, 0.1) is 5.70 Å². The molecule has 3 aromatic carbocycles. The number of benzene rings is 3. The fraction of sp³-hybridized carbons (Fsp3) is 0.0833. The lowest BCUT2D eigenvalue weighted by Gasteiger charge is -2.09. The molecule has 3 aromatic rings. The molecule has 0 fully saturated rings. The van der Waals surface area contributed by atoms with Gasteiger partial charge in [-0.05, 0) is 66.1 Å². The van der Waals surface area contributed by atoms with Crippen LogP contribution in [0.15, 0.2) is 92.3 Å². The number of hydrogen-bond acceptors (Lipinski definition) is 4. The van der Waals surface area contributed by atoms with Crippen LogP contribution in [0.5, 0.6) is 11.5 Å². The van der Waals surface area contributed by atoms with Crippen molar-refractivity contribution in [3.05, 3.63) is 98.4 Å². The van der Waals surface area contributed by atoms with Crippen molar-refractivity contribution in [3.8, 4) is 17.6 Å². The zero-order valence-electron chi connectivity index (χ0n) is 16.6. The summed E-state index contributed by atoms with van der Waals surface area (Å²) in [7, 11) is 0. The third-order valence-corrected chi connectivity index (χ3v) is 5.69. The van der Waals surface area contributed by atoms with Crippen LogP contribution in [0.1, 0.15) is 11.1 Å². The summed E-state index contributed by atoms with van der Waals surface area (Å²) in [5.41, 5.74) is 14.5. The van der Waals surface area contributed by atoms with E-state index < -0.39 is 0 Å². The van der Waals surface area contributed by atoms with Crippen LogP contribution in [0.4, 0.5) is 0 Å². The van der Waals surface area contributed by atoms with Crippen LogP contribution >= 0.6 is 31.9 Å². The molecule has 0 bridgehead atoms. The first-order valence-electron chi connectivity index (χ1n) is 9.45. The number of halogens is 2. The monoisotopic (exact) mass is 538 g/mol. The molecule has 0 aliphatic heterocycles. The topological polar surface area (TPSA) is 97.4 Å². The molecule has 0 saturated heterocycles. The summed E-state index contributed by atoms with van der Waals surface area (Å²) in [6.07, 6.45) is 0.679. The highest BCUT2D eigenvalue weighted by Crippen LogP contribution is 2.24. The second-order valence-corrected chi connectivity index (χ2v) is 8.36. The molecule has 3 rings (SSSR count). The summed E-state index contributed by atoms with van der Waals surface area (Å²) >= 11 is 6.97. The van der Waals surface area contributed by atoms with Crippen molar-refractivity contribution in [2.24, 2.45) is 16.5 Å². The molecular formula is C24H20Br2N4O. The summed E-state index contributed by atoms with van der Waals surface area (Å²) in [4.78, 5) is 4.35. The number of rotatable bonds is 7. The molecule has 0 amide bonds. The van der Waals surface area contributed by atoms with E-state index >= 15 is 0 Å². The summed E-state index contributed by atoms with van der Waals surface area (Å²) in [6.45, 7) is 0.439. The Hall–Kier alpha value is -3.08. The predicted molar refractivity (Wildman–Crippen MR) is 132 cm³/mol. The van der Waals surface area contributed by atoms with Crippen molar-refractivity contribution in [2.75, 3.05) is 6.54 Å². The van der Waals surface area contributed by atoms with E-state index in [4.69, 9.17) is 16.2 Å². The third kappa shape index (κ3) is 6.20. The second-order valence-electron chi connectivity index (χ2n) is 6.59. The van der Waals surface area contributed by atoms with Crippen LogP contribution in [-0.2, 0) is 6.42 Å². The normalized spacial score (nSPS) is 12.1. The van der Waals surface area contributed by atoms with Gasteiger partial charge in [-0.1, -0.05) is 56.1 Å². The van der Waals surface area contributed by atoms with Crippen LogP contribution in [0, 0.1) is 11.3 Å². The number of amidine groups is 1. The molecule has 0 heterocycles. The number of nitrogens with zero attached hydrogens (tertiary/aromatic N) is 2. The van der Waals surface area contributed by atoms with E-state index in [1.807, 2.05) is 48.5 Å². The lowest BCUT2D eigenvalue weighted by molar-refractivity contribution is 0.482. The predicted octanol–water partition coefficient (Wildman–Crippen LogP) is 5.80. The average molecular weight is 540 g/mol. The van der Waals surface area contributed by atoms with E-state index in [-0.39, 0.29) is 17.1 Å². The zero-order valence-corrected chi connectivity index (χ0v) is 19.7. The Kier molecular flexibility index (Phi) is 7.88. The molecule has 4 N–H and O–H groups in total. The first-order valence-corrected chi connectivity index (χ1v) is 11.0. The molecule has 0 aliphatic rings. The Morgan fingerprint density at radius 2 is 1.61 bits per heavy atom. The first-order chi connectivity index (χ1) is 15.0. The van der Waals surface area contributed by atoms with Gasteiger partial charge < -0.3 is 16.2 Å². The van der Waals surface area contributed by atoms with Crippen molar-refractivity contribution in [1.82, 2.24) is 0 Å². The van der Waals surface area contributed by atoms with Gasteiger partial charge in [-0.15, -0.1) is 0 Å². The number of nitriles is 1. The fourth-order valence-electron chi connectivity index (χ4n) is 2.83. The van der Waals surface area contributed by atoms with E-state index in [0.29, 0.717) is 24.3 Å². The minimum Gasteiger partial charge on any atom is -0.457 e. The van der Waals surface area contributed by atoms with Crippen LogP contribution < -0.4 is 16.2 Å². The van der Waals surface area contributed by atoms with Gasteiger partial charge >= 0.3 is 0 Å². The molecule has 5 nitrogen and oxygen atoms in total. The maximum Gasteiger partial charge on any atom is 0.138 e. The molecule has 0 aromatic heterocycles. The van der Waals surface area contributed by atoms with E-state index in [9.17, 15) is 5.26 Å². The lowest BCUT2D eigenvalue weighted by atomic mass is 10.1. The number of ether oxygens (including phenoxy) is 1. The Balaban J connectivity index is 1.72. The number of para-hydroxylation sites is 1. The molecule has 0 unspecified atom stereocenters. The van der Waals surface area contributed by atoms with Gasteiger partial charge in [0.15, 0.2) is 0 Å². The first kappa shape index (κ1) is 22.6. The SMILES string of the molecule is N#CC(C(N)=NCCc1ccc(Br)cc1Br)=C(N)c1ccc(Oc2ccccc2)cc1. The molecule has 156 valence electrons. The van der Waals surface area contributed by atoms with E-state index in [2.05, 4.69) is 42.9 Å². The minimum atomic E-state index is 0.123. The van der Waals surface area contributed by atoms with Crippen molar-refractivity contribution in [2.45, 2.75) is 6.42 Å². The second kappa shape index (κ2) is 10.8. The van der Waals surface area contributed by atoms with E-state index in [0.717, 1.165) is 20.3 Å². The van der Waals surface area contributed by atoms with E-state index in [1.165, 1.54) is 0 Å². The fourth-order valence-corrected chi connectivity index (χ4v) is 4.07. The van der Waals surface area contributed by atoms with Gasteiger partial charge in [0.2, 0.25) is 0 Å². The lowest BCUT2D eigenvalue weighted by Crippen LogP contribution is -2.19. The van der Waals surface area contributed by atoms with Gasteiger partial charge in [-0.25, -0.2) is 0 Å². The minimum absolute atomic E-state index is 0.123. The largest absolute Gasteiger partial charge is 0.457 e. The standard InChI is InChI=1S/C24H20Br2N4O/c25-18-9-6-16(22(26)14-18)12-13-30-24(29)21(15-27)23(28)17-7-10-20(11-8-17)31-19-4-2-1-3-5-19/h1-11,14H,12-13,28H2,(H2,29,30). The zero-order chi connectivity index (χ0) is 22.2. The smallest absolute Gasteiger partial charge is 0.138 e. The highest BCUT2D eigenvalue weighted by atomic mass is 79.9. The van der Waals surface area contributed by atoms with Gasteiger partial charge in [-0.2, -0.15) is 5.26 Å². The van der Waals surface area contributed by atoms with Crippen LogP contribution in [0.25, 0.3) is 5.70 Å². The summed E-state index contributed by atoms with van der Waals surface area (Å²) in [5, 5.41) is 9.58. The maximum atomic E-state index is 9.58. The summed E-state index contributed by atoms with van der Waals surface area (Å²) in [6, 6.07) is 24.7. The Labute approximate surface area is 198 Å². The number of aliphatic imine (C=N–C) groups is 1. The van der Waals surface area contributed by atoms with E-state index in [1.54, 1.807) is 24.3 Å². The van der Waals surface area contributed by atoms with Crippen molar-refractivity contribution in [1.29, 1.82) is 5.26 Å². The molecular weight excluding hydrogens is 520 g/mol. The molecule has 0 atom stereocenters. The Morgan fingerprint density at radius 1 is 0.935 bits per heavy atom. The Morgan fingerprint density at radius 3 is 2.26 bits per heavy atom. The molecule has 7 heteroatoms. The number of hydrogen-bond donors (Lipinski definition) is 2. The van der Waals surface area contributed by atoms with Gasteiger partial charge in [0.1, 0.15) is 29.0 Å². The van der Waals surface area contributed by atoms with Gasteiger partial charge in [0.25, 0.3) is 0 Å². The van der Waals surface area contributed by atoms with Crippen molar-refractivity contribution in [3.63, 3.8) is 0 Å². The third-order valence-electron chi connectivity index (χ3n) is 4.46. The molecule has 0 spiro atoms. The molecule has 0 aliphatic carbocycles. The maximum absolute atomic E-state index is 9.58. The van der Waals surface area contributed by atoms with Crippen LogP contribution in [-0.4, -0.2) is 12.4 Å². The quantitative estimate of drug-likeness (QED) is 0.225. The summed E-state index contributed by atoms with van der Waals surface area (Å²) < 4.78 is 7.77. The number of nitrogens with two attached hydrogens (primary N) is 2. The van der Waals surface area contributed by atoms with Gasteiger partial charge in [0, 0.05) is 15.5 Å². The highest BCUT2D eigenvalue weighted by molar-refractivity contribution is 9.11. The van der Waals surface area contributed by atoms with Crippen molar-refractivity contribution < 1.29 is 4.74 Å².